The largest absolute Gasteiger partial charge is 0.481 e. The van der Waals surface area contributed by atoms with E-state index in [9.17, 15) is 14.7 Å². The van der Waals surface area contributed by atoms with Crippen LogP contribution in [-0.4, -0.2) is 35.0 Å². The van der Waals surface area contributed by atoms with Crippen LogP contribution in [0.1, 0.15) is 97.8 Å². The maximum Gasteiger partial charge on any atom is 0.307 e. The molecular formula is C22H41NO3. The third-order valence-corrected chi connectivity index (χ3v) is 4.95. The lowest BCUT2D eigenvalue weighted by Gasteiger charge is -2.21. The highest BCUT2D eigenvalue weighted by Crippen LogP contribution is 2.16. The molecule has 0 radical (unpaired) electrons. The second-order valence-electron chi connectivity index (χ2n) is 7.12. The predicted octanol–water partition coefficient (Wildman–Crippen LogP) is 5.81. The third-order valence-electron chi connectivity index (χ3n) is 4.95. The number of aliphatic carboxylic acids is 1. The highest BCUT2D eigenvalue weighted by Gasteiger charge is 2.22. The van der Waals surface area contributed by atoms with Crippen LogP contribution in [0.25, 0.3) is 0 Å². The second kappa shape index (κ2) is 17.1. The van der Waals surface area contributed by atoms with E-state index in [2.05, 4.69) is 19.1 Å². The summed E-state index contributed by atoms with van der Waals surface area (Å²) in [7, 11) is 0. The number of carboxylic acid groups (broad SMARTS) is 1. The summed E-state index contributed by atoms with van der Waals surface area (Å²) in [5, 5.41) is 9.34. The first-order valence-corrected chi connectivity index (χ1v) is 10.7. The first kappa shape index (κ1) is 24.7. The van der Waals surface area contributed by atoms with Gasteiger partial charge in [-0.3, -0.25) is 9.59 Å². The predicted molar refractivity (Wildman–Crippen MR) is 109 cm³/mol. The van der Waals surface area contributed by atoms with Crippen molar-refractivity contribution in [3.8, 4) is 0 Å². The maximum atomic E-state index is 12.1. The maximum absolute atomic E-state index is 12.1. The van der Waals surface area contributed by atoms with Gasteiger partial charge in [-0.1, -0.05) is 57.6 Å². The molecule has 0 aromatic carbocycles. The highest BCUT2D eigenvalue weighted by molar-refractivity contribution is 5.82. The fraction of sp³-hybridized carbons (Fsp3) is 0.818. The summed E-state index contributed by atoms with van der Waals surface area (Å²) >= 11 is 0. The number of carbonyl (C=O) groups excluding carboxylic acids is 1. The third kappa shape index (κ3) is 13.0. The monoisotopic (exact) mass is 367 g/mol. The van der Waals surface area contributed by atoms with Crippen LogP contribution < -0.4 is 0 Å². The number of carbonyl (C=O) groups is 2. The molecule has 4 heteroatoms. The number of allylic oxidation sites excluding steroid dienone is 2. The number of unbranched alkanes of at least 4 members (excludes halogenated alkanes) is 8. The van der Waals surface area contributed by atoms with E-state index >= 15 is 0 Å². The average Bonchev–Trinajstić information content (AvgIpc) is 2.62. The van der Waals surface area contributed by atoms with Crippen molar-refractivity contribution in [2.45, 2.75) is 97.8 Å². The molecule has 0 saturated carbocycles. The van der Waals surface area contributed by atoms with E-state index in [4.69, 9.17) is 0 Å². The van der Waals surface area contributed by atoms with Crippen LogP contribution in [0, 0.1) is 5.92 Å². The summed E-state index contributed by atoms with van der Waals surface area (Å²) in [6, 6.07) is 0. The molecule has 1 unspecified atom stereocenters. The number of nitrogens with zero attached hydrogens (tertiary/aromatic N) is 1. The normalized spacial score (nSPS) is 12.4. The molecule has 0 aliphatic carbocycles. The van der Waals surface area contributed by atoms with E-state index in [-0.39, 0.29) is 12.3 Å². The number of hydrogen-bond acceptors (Lipinski definition) is 2. The second-order valence-corrected chi connectivity index (χ2v) is 7.12. The van der Waals surface area contributed by atoms with Gasteiger partial charge in [0.1, 0.15) is 0 Å². The zero-order valence-electron chi connectivity index (χ0n) is 17.3. The topological polar surface area (TPSA) is 57.6 Å². The fourth-order valence-electron chi connectivity index (χ4n) is 3.16. The lowest BCUT2D eigenvalue weighted by atomic mass is 9.97. The molecule has 0 aromatic heterocycles. The molecule has 26 heavy (non-hydrogen) atoms. The molecule has 0 rings (SSSR count). The molecule has 0 aromatic rings. The molecule has 0 saturated heterocycles. The van der Waals surface area contributed by atoms with Crippen molar-refractivity contribution in [2.24, 2.45) is 5.92 Å². The SMILES string of the molecule is CCCCCCCC/C=C/CCCCC(CC(=O)N(CC)CC)C(=O)O. The Hall–Kier alpha value is -1.32. The minimum atomic E-state index is -0.843. The number of rotatable bonds is 17. The lowest BCUT2D eigenvalue weighted by molar-refractivity contribution is -0.146. The van der Waals surface area contributed by atoms with Crippen LogP contribution in [0.2, 0.25) is 0 Å². The van der Waals surface area contributed by atoms with Gasteiger partial charge >= 0.3 is 5.97 Å². The van der Waals surface area contributed by atoms with Crippen LogP contribution in [0.4, 0.5) is 0 Å². The molecule has 0 aliphatic heterocycles. The molecule has 1 amide bonds. The summed E-state index contributed by atoms with van der Waals surface area (Å²) in [5.74, 6) is -1.43. The quantitative estimate of drug-likeness (QED) is 0.260. The first-order valence-electron chi connectivity index (χ1n) is 10.7. The summed E-state index contributed by atoms with van der Waals surface area (Å²) in [4.78, 5) is 25.2. The Morgan fingerprint density at radius 2 is 1.38 bits per heavy atom. The van der Waals surface area contributed by atoms with Crippen LogP contribution in [0.15, 0.2) is 12.2 Å². The van der Waals surface area contributed by atoms with Crippen molar-refractivity contribution in [1.29, 1.82) is 0 Å². The number of carboxylic acids is 1. The molecule has 0 bridgehead atoms. The highest BCUT2D eigenvalue weighted by atomic mass is 16.4. The molecule has 1 N–H and O–H groups in total. The Balaban J connectivity index is 3.82. The lowest BCUT2D eigenvalue weighted by Crippen LogP contribution is -2.33. The molecule has 1 atom stereocenters. The van der Waals surface area contributed by atoms with Gasteiger partial charge in [0.25, 0.3) is 0 Å². The average molecular weight is 368 g/mol. The Labute approximate surface area is 161 Å². The van der Waals surface area contributed by atoms with Crippen molar-refractivity contribution in [2.75, 3.05) is 13.1 Å². The minimum absolute atomic E-state index is 0.0405. The summed E-state index contributed by atoms with van der Waals surface area (Å²) in [6.45, 7) is 7.38. The first-order chi connectivity index (χ1) is 12.6. The molecule has 4 nitrogen and oxygen atoms in total. The van der Waals surface area contributed by atoms with Crippen molar-refractivity contribution < 1.29 is 14.7 Å². The van der Waals surface area contributed by atoms with E-state index in [0.717, 1.165) is 25.7 Å². The van der Waals surface area contributed by atoms with E-state index < -0.39 is 11.9 Å². The van der Waals surface area contributed by atoms with Crippen LogP contribution in [0.3, 0.4) is 0 Å². The summed E-state index contributed by atoms with van der Waals surface area (Å²) in [5.41, 5.74) is 0. The van der Waals surface area contributed by atoms with Gasteiger partial charge in [-0.2, -0.15) is 0 Å². The number of hydrogen-bond donors (Lipinski definition) is 1. The van der Waals surface area contributed by atoms with Gasteiger partial charge < -0.3 is 10.0 Å². The summed E-state index contributed by atoms with van der Waals surface area (Å²) < 4.78 is 0. The van der Waals surface area contributed by atoms with Gasteiger partial charge in [0.15, 0.2) is 0 Å². The van der Waals surface area contributed by atoms with Crippen molar-refractivity contribution in [3.05, 3.63) is 12.2 Å². The zero-order valence-corrected chi connectivity index (χ0v) is 17.3. The van der Waals surface area contributed by atoms with Gasteiger partial charge in [-0.05, 0) is 46.0 Å². The van der Waals surface area contributed by atoms with Crippen LogP contribution >= 0.6 is 0 Å². The van der Waals surface area contributed by atoms with Crippen molar-refractivity contribution >= 4 is 11.9 Å². The van der Waals surface area contributed by atoms with E-state index in [1.165, 1.54) is 38.5 Å². The van der Waals surface area contributed by atoms with Crippen LogP contribution in [0.5, 0.6) is 0 Å². The Kier molecular flexibility index (Phi) is 16.2. The van der Waals surface area contributed by atoms with Gasteiger partial charge in [0.2, 0.25) is 5.91 Å². The van der Waals surface area contributed by atoms with E-state index in [0.29, 0.717) is 19.5 Å². The molecule has 0 heterocycles. The Morgan fingerprint density at radius 1 is 0.846 bits per heavy atom. The molecule has 152 valence electrons. The Morgan fingerprint density at radius 3 is 1.92 bits per heavy atom. The number of amides is 1. The van der Waals surface area contributed by atoms with Gasteiger partial charge in [0.05, 0.1) is 5.92 Å². The van der Waals surface area contributed by atoms with E-state index in [1.807, 2.05) is 13.8 Å². The standard InChI is InChI=1S/C22H41NO3/c1-4-7-8-9-10-11-12-13-14-15-16-17-18-20(22(25)26)19-21(24)23(5-2)6-3/h13-14,20H,4-12,15-19H2,1-3H3,(H,25,26)/b14-13+. The van der Waals surface area contributed by atoms with Gasteiger partial charge in [-0.25, -0.2) is 0 Å². The molecule has 0 spiro atoms. The van der Waals surface area contributed by atoms with Gasteiger partial charge in [0, 0.05) is 19.5 Å². The smallest absolute Gasteiger partial charge is 0.307 e. The zero-order chi connectivity index (χ0) is 19.6. The molecular weight excluding hydrogens is 326 g/mol. The molecule has 0 aliphatic rings. The minimum Gasteiger partial charge on any atom is -0.481 e. The van der Waals surface area contributed by atoms with Crippen molar-refractivity contribution in [3.63, 3.8) is 0 Å². The Bertz CT molecular complexity index is 389. The molecule has 0 fully saturated rings. The fourth-order valence-corrected chi connectivity index (χ4v) is 3.16. The van der Waals surface area contributed by atoms with Crippen molar-refractivity contribution in [1.82, 2.24) is 4.90 Å². The van der Waals surface area contributed by atoms with Gasteiger partial charge in [-0.15, -0.1) is 0 Å². The van der Waals surface area contributed by atoms with Crippen LogP contribution in [-0.2, 0) is 9.59 Å². The van der Waals surface area contributed by atoms with E-state index in [1.54, 1.807) is 4.90 Å². The summed E-state index contributed by atoms with van der Waals surface area (Å²) in [6.07, 6.45) is 17.2.